The van der Waals surface area contributed by atoms with Crippen molar-refractivity contribution < 1.29 is 13.9 Å². The van der Waals surface area contributed by atoms with Crippen molar-refractivity contribution in [1.82, 2.24) is 4.98 Å². The lowest BCUT2D eigenvalue weighted by atomic mass is 10.2. The third-order valence-corrected chi connectivity index (χ3v) is 3.05. The van der Waals surface area contributed by atoms with E-state index in [1.165, 1.54) is 0 Å². The summed E-state index contributed by atoms with van der Waals surface area (Å²) in [6.07, 6.45) is 0. The lowest BCUT2D eigenvalue weighted by molar-refractivity contribution is -0.121. The van der Waals surface area contributed by atoms with Crippen molar-refractivity contribution in [1.29, 1.82) is 0 Å². The molecule has 0 atom stereocenters. The molecule has 3 rings (SSSR count). The summed E-state index contributed by atoms with van der Waals surface area (Å²) in [6.45, 7) is 0.331. The van der Waals surface area contributed by atoms with Crippen LogP contribution < -0.4 is 11.1 Å². The van der Waals surface area contributed by atoms with Crippen LogP contribution in [0.4, 0.5) is 5.69 Å². The van der Waals surface area contributed by atoms with Crippen LogP contribution in [0.1, 0.15) is 5.56 Å². The predicted molar refractivity (Wildman–Crippen MR) is 81.6 cm³/mol. The van der Waals surface area contributed by atoms with Crippen LogP contribution in [0.3, 0.4) is 0 Å². The number of carbonyl (C=O) groups is 1. The number of aromatic nitrogens is 1. The van der Waals surface area contributed by atoms with Gasteiger partial charge in [-0.3, -0.25) is 9.78 Å². The summed E-state index contributed by atoms with van der Waals surface area (Å²) in [4.78, 5) is 25.4. The first-order valence-corrected chi connectivity index (χ1v) is 6.75. The molecule has 0 saturated heterocycles. The number of amides is 1. The Morgan fingerprint density at radius 3 is 2.82 bits per heavy atom. The Morgan fingerprint density at radius 1 is 1.18 bits per heavy atom. The monoisotopic (exact) mass is 298 g/mol. The summed E-state index contributed by atoms with van der Waals surface area (Å²) in [5, 5.41) is 2.70. The van der Waals surface area contributed by atoms with Gasteiger partial charge in [0.15, 0.2) is 5.58 Å². The quantitative estimate of drug-likeness (QED) is 0.757. The average molecular weight is 298 g/mol. The number of hydrogen-bond acceptors (Lipinski definition) is 4. The van der Waals surface area contributed by atoms with Crippen molar-refractivity contribution in [3.8, 4) is 0 Å². The molecule has 1 amide bonds. The zero-order valence-electron chi connectivity index (χ0n) is 11.7. The zero-order valence-corrected chi connectivity index (χ0v) is 11.7. The van der Waals surface area contributed by atoms with Gasteiger partial charge in [0.25, 0.3) is 0 Å². The maximum atomic E-state index is 11.8. The SMILES string of the molecule is O=C(COCc1ccccc1)Nc1ccc2oc(=O)[nH]c2c1. The number of hydrogen-bond donors (Lipinski definition) is 2. The number of ether oxygens (including phenoxy) is 1. The number of benzene rings is 2. The molecule has 0 unspecified atom stereocenters. The van der Waals surface area contributed by atoms with Crippen LogP contribution in [0.25, 0.3) is 11.1 Å². The van der Waals surface area contributed by atoms with Crippen LogP contribution in [-0.4, -0.2) is 17.5 Å². The van der Waals surface area contributed by atoms with E-state index in [1.54, 1.807) is 18.2 Å². The number of carbonyl (C=O) groups excluding carboxylic acids is 1. The summed E-state index contributed by atoms with van der Waals surface area (Å²) < 4.78 is 10.3. The highest BCUT2D eigenvalue weighted by Crippen LogP contribution is 2.16. The molecule has 0 saturated carbocycles. The largest absolute Gasteiger partial charge is 0.417 e. The fourth-order valence-electron chi connectivity index (χ4n) is 2.06. The number of rotatable bonds is 5. The summed E-state index contributed by atoms with van der Waals surface area (Å²) in [7, 11) is 0. The highest BCUT2D eigenvalue weighted by Gasteiger charge is 2.06. The van der Waals surface area contributed by atoms with Crippen molar-refractivity contribution in [3.63, 3.8) is 0 Å². The van der Waals surface area contributed by atoms with E-state index in [0.717, 1.165) is 5.56 Å². The number of fused-ring (bicyclic) bond motifs is 1. The molecule has 6 heteroatoms. The molecule has 0 fully saturated rings. The topological polar surface area (TPSA) is 84.3 Å². The van der Waals surface area contributed by atoms with Gasteiger partial charge in [-0.15, -0.1) is 0 Å². The van der Waals surface area contributed by atoms with Crippen LogP contribution >= 0.6 is 0 Å². The van der Waals surface area contributed by atoms with E-state index in [9.17, 15) is 9.59 Å². The minimum Gasteiger partial charge on any atom is -0.408 e. The van der Waals surface area contributed by atoms with Crippen LogP contribution in [-0.2, 0) is 16.1 Å². The number of anilines is 1. The smallest absolute Gasteiger partial charge is 0.408 e. The highest BCUT2D eigenvalue weighted by molar-refractivity contribution is 5.93. The van der Waals surface area contributed by atoms with E-state index in [2.05, 4.69) is 10.3 Å². The highest BCUT2D eigenvalue weighted by atomic mass is 16.5. The number of nitrogens with one attached hydrogen (secondary N) is 2. The van der Waals surface area contributed by atoms with Gasteiger partial charge in [-0.05, 0) is 23.8 Å². The molecule has 6 nitrogen and oxygen atoms in total. The molecule has 0 radical (unpaired) electrons. The Balaban J connectivity index is 1.55. The van der Waals surface area contributed by atoms with Crippen LogP contribution in [0.5, 0.6) is 0 Å². The van der Waals surface area contributed by atoms with E-state index in [1.807, 2.05) is 30.3 Å². The third-order valence-electron chi connectivity index (χ3n) is 3.05. The molecule has 1 heterocycles. The van der Waals surface area contributed by atoms with Gasteiger partial charge in [-0.1, -0.05) is 30.3 Å². The average Bonchev–Trinajstić information content (AvgIpc) is 2.87. The van der Waals surface area contributed by atoms with Gasteiger partial charge in [-0.2, -0.15) is 0 Å². The Kier molecular flexibility index (Phi) is 4.02. The summed E-state index contributed by atoms with van der Waals surface area (Å²) in [5.41, 5.74) is 2.56. The molecule has 1 aromatic heterocycles. The van der Waals surface area contributed by atoms with Gasteiger partial charge in [0, 0.05) is 5.69 Å². The van der Waals surface area contributed by atoms with Crippen LogP contribution in [0, 0.1) is 0 Å². The van der Waals surface area contributed by atoms with Crippen LogP contribution in [0.2, 0.25) is 0 Å². The van der Waals surface area contributed by atoms with Gasteiger partial charge in [0.2, 0.25) is 5.91 Å². The first kappa shape index (κ1) is 14.1. The van der Waals surface area contributed by atoms with E-state index in [0.29, 0.717) is 23.4 Å². The van der Waals surface area contributed by atoms with Gasteiger partial charge in [0.05, 0.1) is 12.1 Å². The van der Waals surface area contributed by atoms with Gasteiger partial charge in [-0.25, -0.2) is 4.79 Å². The minimum absolute atomic E-state index is 0.0468. The van der Waals surface area contributed by atoms with Gasteiger partial charge >= 0.3 is 5.76 Å². The molecule has 112 valence electrons. The first-order chi connectivity index (χ1) is 10.7. The maximum absolute atomic E-state index is 11.8. The van der Waals surface area contributed by atoms with Crippen LogP contribution in [0.15, 0.2) is 57.7 Å². The molecule has 0 bridgehead atoms. The van der Waals surface area contributed by atoms with E-state index in [-0.39, 0.29) is 12.5 Å². The normalized spacial score (nSPS) is 10.7. The Labute approximate surface area is 125 Å². The lowest BCUT2D eigenvalue weighted by Crippen LogP contribution is -2.18. The summed E-state index contributed by atoms with van der Waals surface area (Å²) >= 11 is 0. The molecule has 2 N–H and O–H groups in total. The van der Waals surface area contributed by atoms with Gasteiger partial charge < -0.3 is 14.5 Å². The second kappa shape index (κ2) is 6.28. The number of oxazole rings is 1. The first-order valence-electron chi connectivity index (χ1n) is 6.75. The van der Waals surface area contributed by atoms with Crippen molar-refractivity contribution >= 4 is 22.7 Å². The molecule has 2 aromatic carbocycles. The van der Waals surface area contributed by atoms with E-state index < -0.39 is 5.76 Å². The number of aromatic amines is 1. The molecular formula is C16H14N2O4. The molecule has 0 aliphatic carbocycles. The third kappa shape index (κ3) is 3.42. The van der Waals surface area contributed by atoms with Crippen molar-refractivity contribution in [2.75, 3.05) is 11.9 Å². The Morgan fingerprint density at radius 2 is 2.00 bits per heavy atom. The molecule has 0 aliphatic heterocycles. The zero-order chi connectivity index (χ0) is 15.4. The van der Waals surface area contributed by atoms with Crippen molar-refractivity contribution in [3.05, 3.63) is 64.6 Å². The molecule has 22 heavy (non-hydrogen) atoms. The molecule has 0 spiro atoms. The fraction of sp³-hybridized carbons (Fsp3) is 0.125. The predicted octanol–water partition coefficient (Wildman–Crippen LogP) is 2.28. The Bertz CT molecular complexity index is 836. The second-order valence-electron chi connectivity index (χ2n) is 4.75. The summed E-state index contributed by atoms with van der Waals surface area (Å²) in [5.74, 6) is -0.786. The van der Waals surface area contributed by atoms with Crippen molar-refractivity contribution in [2.45, 2.75) is 6.61 Å². The molecule has 0 aliphatic rings. The fourth-order valence-corrected chi connectivity index (χ4v) is 2.06. The lowest BCUT2D eigenvalue weighted by Gasteiger charge is -2.06. The van der Waals surface area contributed by atoms with E-state index >= 15 is 0 Å². The maximum Gasteiger partial charge on any atom is 0.417 e. The number of H-pyrrole nitrogens is 1. The van der Waals surface area contributed by atoms with E-state index in [4.69, 9.17) is 9.15 Å². The minimum atomic E-state index is -0.523. The van der Waals surface area contributed by atoms with Crippen molar-refractivity contribution in [2.24, 2.45) is 0 Å². The standard InChI is InChI=1S/C16H14N2O4/c19-15(10-21-9-11-4-2-1-3-5-11)17-12-6-7-14-13(8-12)18-16(20)22-14/h1-8H,9-10H2,(H,17,19)(H,18,20). The summed E-state index contributed by atoms with van der Waals surface area (Å²) in [6, 6.07) is 14.5. The second-order valence-corrected chi connectivity index (χ2v) is 4.75. The Hall–Kier alpha value is -2.86. The molecular weight excluding hydrogens is 284 g/mol. The molecule has 3 aromatic rings. The van der Waals surface area contributed by atoms with Gasteiger partial charge in [0.1, 0.15) is 6.61 Å².